The molecular weight excluding hydrogens is 372 g/mol. The molecule has 1 aliphatic rings. The maximum Gasteiger partial charge on any atom is 0.317 e. The first kappa shape index (κ1) is 20.9. The molecule has 2 aromatic rings. The van der Waals surface area contributed by atoms with Gasteiger partial charge in [-0.25, -0.2) is 4.79 Å². The van der Waals surface area contributed by atoms with Gasteiger partial charge in [0.1, 0.15) is 5.76 Å². The number of rotatable bonds is 6. The van der Waals surface area contributed by atoms with Crippen molar-refractivity contribution in [3.63, 3.8) is 0 Å². The fraction of sp³-hybridized carbons (Fsp3) is 0.476. The van der Waals surface area contributed by atoms with Gasteiger partial charge in [0.2, 0.25) is 5.91 Å². The second-order valence-electron chi connectivity index (χ2n) is 7.21. The van der Waals surface area contributed by atoms with Crippen LogP contribution in [0.15, 0.2) is 28.8 Å². The Labute approximate surface area is 170 Å². The van der Waals surface area contributed by atoms with Gasteiger partial charge in [-0.2, -0.15) is 0 Å². The fourth-order valence-corrected chi connectivity index (χ4v) is 3.49. The average molecular weight is 400 g/mol. The molecule has 1 N–H and O–H groups in total. The summed E-state index contributed by atoms with van der Waals surface area (Å²) >= 11 is 0. The van der Waals surface area contributed by atoms with Gasteiger partial charge in [-0.05, 0) is 25.0 Å². The van der Waals surface area contributed by atoms with Crippen molar-refractivity contribution in [2.45, 2.75) is 33.4 Å². The quantitative estimate of drug-likeness (QED) is 0.802. The molecule has 0 aliphatic carbocycles. The first-order chi connectivity index (χ1) is 14.0. The van der Waals surface area contributed by atoms with E-state index < -0.39 is 0 Å². The van der Waals surface area contributed by atoms with Crippen LogP contribution in [0.5, 0.6) is 0 Å². The third-order valence-electron chi connectivity index (χ3n) is 5.28. The van der Waals surface area contributed by atoms with Crippen LogP contribution in [0.25, 0.3) is 0 Å². The highest BCUT2D eigenvalue weighted by Crippen LogP contribution is 2.15. The Bertz CT molecular complexity index is 837. The molecule has 1 aromatic carbocycles. The van der Waals surface area contributed by atoms with Crippen LogP contribution in [0.1, 0.15) is 28.1 Å². The van der Waals surface area contributed by atoms with Gasteiger partial charge in [0, 0.05) is 45.4 Å². The standard InChI is InChI=1S/C21H28N4O4/c1-15-19(16(2)29-23-15)12-20(26)24-8-10-25(11-9-24)21(27)22-13-17-6-4-5-7-18(17)14-28-3/h4-7H,8-14H2,1-3H3,(H,22,27). The lowest BCUT2D eigenvalue weighted by Gasteiger charge is -2.34. The summed E-state index contributed by atoms with van der Waals surface area (Å²) < 4.78 is 10.3. The van der Waals surface area contributed by atoms with E-state index in [-0.39, 0.29) is 18.4 Å². The molecule has 0 bridgehead atoms. The predicted octanol–water partition coefficient (Wildman–Crippen LogP) is 2.03. The Kier molecular flexibility index (Phi) is 6.87. The summed E-state index contributed by atoms with van der Waals surface area (Å²) in [5, 5.41) is 6.87. The summed E-state index contributed by atoms with van der Waals surface area (Å²) in [6.07, 6.45) is 0.281. The van der Waals surface area contributed by atoms with Gasteiger partial charge in [-0.3, -0.25) is 4.79 Å². The van der Waals surface area contributed by atoms with E-state index in [1.807, 2.05) is 38.1 Å². The molecule has 0 unspecified atom stereocenters. The number of hydrogen-bond acceptors (Lipinski definition) is 5. The second-order valence-corrected chi connectivity index (χ2v) is 7.21. The molecule has 29 heavy (non-hydrogen) atoms. The minimum atomic E-state index is -0.116. The molecule has 8 heteroatoms. The van der Waals surface area contributed by atoms with Crippen LogP contribution in [0.3, 0.4) is 0 Å². The number of aryl methyl sites for hydroxylation is 2. The lowest BCUT2D eigenvalue weighted by molar-refractivity contribution is -0.131. The summed E-state index contributed by atoms with van der Waals surface area (Å²) in [4.78, 5) is 28.6. The number of urea groups is 1. The van der Waals surface area contributed by atoms with Gasteiger partial charge >= 0.3 is 6.03 Å². The smallest absolute Gasteiger partial charge is 0.317 e. The molecule has 1 fully saturated rings. The van der Waals surface area contributed by atoms with E-state index in [1.165, 1.54) is 0 Å². The number of benzene rings is 1. The van der Waals surface area contributed by atoms with Crippen molar-refractivity contribution in [2.75, 3.05) is 33.3 Å². The third-order valence-corrected chi connectivity index (χ3v) is 5.28. The van der Waals surface area contributed by atoms with E-state index in [1.54, 1.807) is 16.9 Å². The van der Waals surface area contributed by atoms with Gasteiger partial charge in [0.15, 0.2) is 0 Å². The zero-order chi connectivity index (χ0) is 20.8. The van der Waals surface area contributed by atoms with Gasteiger partial charge in [-0.1, -0.05) is 29.4 Å². The summed E-state index contributed by atoms with van der Waals surface area (Å²) in [6.45, 7) is 6.69. The number of ether oxygens (including phenoxy) is 1. The van der Waals surface area contributed by atoms with Crippen molar-refractivity contribution in [1.82, 2.24) is 20.3 Å². The van der Waals surface area contributed by atoms with Crippen molar-refractivity contribution >= 4 is 11.9 Å². The number of amides is 3. The Hall–Kier alpha value is -2.87. The van der Waals surface area contributed by atoms with Crippen molar-refractivity contribution in [2.24, 2.45) is 0 Å². The van der Waals surface area contributed by atoms with E-state index in [9.17, 15) is 9.59 Å². The molecule has 156 valence electrons. The Morgan fingerprint density at radius 2 is 1.76 bits per heavy atom. The Morgan fingerprint density at radius 3 is 2.38 bits per heavy atom. The summed E-state index contributed by atoms with van der Waals surface area (Å²) in [5.41, 5.74) is 3.70. The molecule has 0 saturated carbocycles. The number of methoxy groups -OCH3 is 1. The highest BCUT2D eigenvalue weighted by atomic mass is 16.5. The maximum atomic E-state index is 12.6. The van der Waals surface area contributed by atoms with Crippen molar-refractivity contribution in [3.05, 3.63) is 52.4 Å². The third kappa shape index (κ3) is 5.14. The normalized spacial score (nSPS) is 14.2. The molecule has 0 atom stereocenters. The number of piperazine rings is 1. The van der Waals surface area contributed by atoms with Gasteiger partial charge in [0.05, 0.1) is 18.7 Å². The predicted molar refractivity (Wildman–Crippen MR) is 107 cm³/mol. The molecule has 1 saturated heterocycles. The van der Waals surface area contributed by atoms with Crippen LogP contribution in [0.2, 0.25) is 0 Å². The average Bonchev–Trinajstić information content (AvgIpc) is 3.05. The highest BCUT2D eigenvalue weighted by Gasteiger charge is 2.25. The first-order valence-corrected chi connectivity index (χ1v) is 9.77. The summed E-state index contributed by atoms with van der Waals surface area (Å²) in [5.74, 6) is 0.718. The second kappa shape index (κ2) is 9.56. The minimum absolute atomic E-state index is 0.0351. The molecule has 0 spiro atoms. The monoisotopic (exact) mass is 400 g/mol. The van der Waals surface area contributed by atoms with Crippen LogP contribution in [0, 0.1) is 13.8 Å². The Morgan fingerprint density at radius 1 is 1.10 bits per heavy atom. The Balaban J connectivity index is 1.48. The van der Waals surface area contributed by atoms with Gasteiger partial charge < -0.3 is 24.4 Å². The maximum absolute atomic E-state index is 12.6. The van der Waals surface area contributed by atoms with Crippen LogP contribution in [-0.4, -0.2) is 60.2 Å². The molecular formula is C21H28N4O4. The zero-order valence-corrected chi connectivity index (χ0v) is 17.2. The topological polar surface area (TPSA) is 87.9 Å². The van der Waals surface area contributed by atoms with E-state index in [0.29, 0.717) is 45.1 Å². The molecule has 8 nitrogen and oxygen atoms in total. The lowest BCUT2D eigenvalue weighted by Crippen LogP contribution is -2.53. The van der Waals surface area contributed by atoms with Crippen molar-refractivity contribution in [3.8, 4) is 0 Å². The van der Waals surface area contributed by atoms with Crippen LogP contribution in [-0.2, 0) is 29.1 Å². The number of carbonyl (C=O) groups is 2. The molecule has 0 radical (unpaired) electrons. The summed E-state index contributed by atoms with van der Waals surface area (Å²) in [6, 6.07) is 7.77. The fourth-order valence-electron chi connectivity index (χ4n) is 3.49. The largest absolute Gasteiger partial charge is 0.380 e. The highest BCUT2D eigenvalue weighted by molar-refractivity contribution is 5.80. The van der Waals surface area contributed by atoms with Gasteiger partial charge in [-0.15, -0.1) is 0 Å². The lowest BCUT2D eigenvalue weighted by atomic mass is 10.1. The minimum Gasteiger partial charge on any atom is -0.380 e. The van der Waals surface area contributed by atoms with E-state index >= 15 is 0 Å². The van der Waals surface area contributed by atoms with Crippen LogP contribution in [0.4, 0.5) is 4.79 Å². The van der Waals surface area contributed by atoms with Crippen molar-refractivity contribution < 1.29 is 18.8 Å². The number of nitrogens with zero attached hydrogens (tertiary/aromatic N) is 3. The van der Waals surface area contributed by atoms with E-state index in [0.717, 1.165) is 22.4 Å². The van der Waals surface area contributed by atoms with Gasteiger partial charge in [0.25, 0.3) is 0 Å². The number of hydrogen-bond donors (Lipinski definition) is 1. The SMILES string of the molecule is COCc1ccccc1CNC(=O)N1CCN(C(=O)Cc2c(C)noc2C)CC1. The summed E-state index contributed by atoms with van der Waals surface area (Å²) in [7, 11) is 1.65. The number of carbonyl (C=O) groups excluding carboxylic acids is 2. The first-order valence-electron chi connectivity index (χ1n) is 9.77. The van der Waals surface area contributed by atoms with Crippen LogP contribution < -0.4 is 5.32 Å². The number of nitrogens with one attached hydrogen (secondary N) is 1. The molecule has 3 rings (SSSR count). The number of aromatic nitrogens is 1. The van der Waals surface area contributed by atoms with Crippen LogP contribution >= 0.6 is 0 Å². The molecule has 3 amide bonds. The zero-order valence-electron chi connectivity index (χ0n) is 17.2. The van der Waals surface area contributed by atoms with Crippen molar-refractivity contribution in [1.29, 1.82) is 0 Å². The van der Waals surface area contributed by atoms with E-state index in [4.69, 9.17) is 9.26 Å². The molecule has 2 heterocycles. The molecule has 1 aromatic heterocycles. The molecule has 1 aliphatic heterocycles. The van der Waals surface area contributed by atoms with E-state index in [2.05, 4.69) is 10.5 Å².